The van der Waals surface area contributed by atoms with E-state index in [1.165, 1.54) is 7.11 Å². The second-order valence-corrected chi connectivity index (χ2v) is 11.0. The molecule has 2 N–H and O–H groups in total. The summed E-state index contributed by atoms with van der Waals surface area (Å²) in [5.74, 6) is 0.727. The van der Waals surface area contributed by atoms with E-state index in [1.54, 1.807) is 18.2 Å². The quantitative estimate of drug-likeness (QED) is 0.397. The number of methoxy groups -OCH3 is 1. The number of piperidine rings is 2. The largest absolute Gasteiger partial charge is 0.632 e. The van der Waals surface area contributed by atoms with Crippen molar-refractivity contribution < 1.29 is 29.1 Å². The van der Waals surface area contributed by atoms with Crippen LogP contribution in [0.5, 0.6) is 11.5 Å². The molecule has 2 heterocycles. The molecule has 1 spiro atoms. The predicted octanol–water partition coefficient (Wildman–Crippen LogP) is 3.54. The number of quaternary nitrogens is 1. The normalized spacial score (nSPS) is 41.7. The standard InChI is InChI=1S/C26H37NO6/c1-16-13-18-19-5-3-11-27(31)12-4-6-20(26(19,27)15-16)24(30)25(18)33-23(29)10-8-17-7-9-21(28)22(14-17)32-2/h7,9,14,16,18-20,24-25,28,30H,3-6,8,10-13,15H2,1-2H3/t16-,18+,19+,20+,24-,25-,26+,27?/m0/s1. The van der Waals surface area contributed by atoms with Crippen LogP contribution < -0.4 is 4.74 Å². The number of phenolic OH excluding ortho intramolecular Hbond substituents is 1. The summed E-state index contributed by atoms with van der Waals surface area (Å²) in [6.45, 7) is 3.55. The molecule has 0 amide bonds. The van der Waals surface area contributed by atoms with Gasteiger partial charge >= 0.3 is 5.97 Å². The Morgan fingerprint density at radius 1 is 1.24 bits per heavy atom. The Balaban J connectivity index is 1.34. The average molecular weight is 460 g/mol. The Hall–Kier alpha value is -1.83. The minimum atomic E-state index is -0.763. The van der Waals surface area contributed by atoms with E-state index in [-0.39, 0.29) is 40.5 Å². The van der Waals surface area contributed by atoms with Crippen LogP contribution >= 0.6 is 0 Å². The monoisotopic (exact) mass is 459 g/mol. The number of nitrogens with zero attached hydrogens (tertiary/aromatic N) is 1. The molecule has 0 aromatic heterocycles. The number of aliphatic hydroxyl groups excluding tert-OH is 1. The summed E-state index contributed by atoms with van der Waals surface area (Å²) in [5.41, 5.74) is 0.480. The molecule has 4 fully saturated rings. The van der Waals surface area contributed by atoms with Gasteiger partial charge in [0, 0.05) is 30.6 Å². The highest BCUT2D eigenvalue weighted by atomic mass is 16.6. The number of esters is 1. The van der Waals surface area contributed by atoms with E-state index >= 15 is 0 Å². The first kappa shape index (κ1) is 22.9. The molecule has 1 aromatic rings. The van der Waals surface area contributed by atoms with Gasteiger partial charge in [0.1, 0.15) is 17.7 Å². The third kappa shape index (κ3) is 3.55. The van der Waals surface area contributed by atoms with Gasteiger partial charge in [0.05, 0.1) is 20.2 Å². The Labute approximate surface area is 195 Å². The fraction of sp³-hybridized carbons (Fsp3) is 0.731. The van der Waals surface area contributed by atoms with Crippen LogP contribution in [0.15, 0.2) is 18.2 Å². The first-order chi connectivity index (χ1) is 15.8. The van der Waals surface area contributed by atoms with Crippen molar-refractivity contribution in [1.29, 1.82) is 0 Å². The number of ether oxygens (including phenoxy) is 2. The van der Waals surface area contributed by atoms with Crippen LogP contribution in [0.2, 0.25) is 0 Å². The van der Waals surface area contributed by atoms with Gasteiger partial charge in [-0.25, -0.2) is 0 Å². The van der Waals surface area contributed by atoms with E-state index < -0.39 is 17.7 Å². The van der Waals surface area contributed by atoms with Crippen molar-refractivity contribution in [3.63, 3.8) is 0 Å². The molecular weight excluding hydrogens is 422 g/mol. The van der Waals surface area contributed by atoms with Gasteiger partial charge in [-0.1, -0.05) is 13.0 Å². The number of hydroxylamine groups is 3. The number of hydrogen-bond acceptors (Lipinski definition) is 6. The summed E-state index contributed by atoms with van der Waals surface area (Å²) in [5, 5.41) is 35.4. The Bertz CT molecular complexity index is 891. The number of carbonyl (C=O) groups excluding carboxylic acids is 1. The fourth-order valence-corrected chi connectivity index (χ4v) is 8.17. The summed E-state index contributed by atoms with van der Waals surface area (Å²) in [4.78, 5) is 12.9. The zero-order chi connectivity index (χ0) is 23.4. The van der Waals surface area contributed by atoms with Crippen molar-refractivity contribution in [3.8, 4) is 11.5 Å². The minimum Gasteiger partial charge on any atom is -0.632 e. The van der Waals surface area contributed by atoms with E-state index in [9.17, 15) is 20.2 Å². The number of aromatic hydroxyl groups is 1. The third-order valence-electron chi connectivity index (χ3n) is 9.28. The molecule has 2 saturated carbocycles. The lowest BCUT2D eigenvalue weighted by molar-refractivity contribution is -0.958. The van der Waals surface area contributed by atoms with Crippen molar-refractivity contribution in [1.82, 2.24) is 0 Å². The van der Waals surface area contributed by atoms with Crippen molar-refractivity contribution in [2.24, 2.45) is 23.7 Å². The third-order valence-corrected chi connectivity index (χ3v) is 9.28. The van der Waals surface area contributed by atoms with Crippen molar-refractivity contribution in [3.05, 3.63) is 29.0 Å². The molecule has 4 aliphatic rings. The van der Waals surface area contributed by atoms with Crippen LogP contribution in [0.1, 0.15) is 57.4 Å². The summed E-state index contributed by atoms with van der Waals surface area (Å²) in [6.07, 6.45) is 4.79. The van der Waals surface area contributed by atoms with Gasteiger partial charge in [0.2, 0.25) is 0 Å². The lowest BCUT2D eigenvalue weighted by Crippen LogP contribution is -2.80. The first-order valence-corrected chi connectivity index (χ1v) is 12.6. The second-order valence-electron chi connectivity index (χ2n) is 11.0. The van der Waals surface area contributed by atoms with Gasteiger partial charge in [-0.15, -0.1) is 0 Å². The highest BCUT2D eigenvalue weighted by Gasteiger charge is 2.70. The van der Waals surface area contributed by atoms with E-state index in [0.717, 1.165) is 44.1 Å². The molecule has 2 saturated heterocycles. The molecule has 7 heteroatoms. The summed E-state index contributed by atoms with van der Waals surface area (Å²) >= 11 is 0. The smallest absolute Gasteiger partial charge is 0.306 e. The highest BCUT2D eigenvalue weighted by molar-refractivity contribution is 5.70. The maximum Gasteiger partial charge on any atom is 0.306 e. The number of aryl methyl sites for hydroxylation is 1. The zero-order valence-corrected chi connectivity index (χ0v) is 19.7. The molecule has 5 rings (SSSR count). The average Bonchev–Trinajstić information content (AvgIpc) is 2.78. The van der Waals surface area contributed by atoms with Crippen LogP contribution in [-0.2, 0) is 16.0 Å². The minimum absolute atomic E-state index is 0.0579. The van der Waals surface area contributed by atoms with Crippen molar-refractivity contribution in [2.75, 3.05) is 20.2 Å². The molecule has 0 radical (unpaired) electrons. The van der Waals surface area contributed by atoms with Gasteiger partial charge < -0.3 is 29.5 Å². The number of hydrogen-bond donors (Lipinski definition) is 2. The van der Waals surface area contributed by atoms with Crippen LogP contribution in [0.25, 0.3) is 0 Å². The van der Waals surface area contributed by atoms with Gasteiger partial charge in [-0.3, -0.25) is 4.79 Å². The number of benzene rings is 1. The number of carbonyl (C=O) groups is 1. The Morgan fingerprint density at radius 3 is 2.70 bits per heavy atom. The molecule has 7 nitrogen and oxygen atoms in total. The van der Waals surface area contributed by atoms with Crippen LogP contribution in [0.3, 0.4) is 0 Å². The van der Waals surface area contributed by atoms with E-state index in [1.807, 2.05) is 0 Å². The molecule has 2 bridgehead atoms. The maximum absolute atomic E-state index is 14.1. The van der Waals surface area contributed by atoms with Gasteiger partial charge in [-0.2, -0.15) is 0 Å². The lowest BCUT2D eigenvalue weighted by Gasteiger charge is -2.73. The molecule has 33 heavy (non-hydrogen) atoms. The molecule has 2 aliphatic heterocycles. The van der Waals surface area contributed by atoms with Crippen LogP contribution in [0.4, 0.5) is 0 Å². The van der Waals surface area contributed by atoms with E-state index in [4.69, 9.17) is 9.47 Å². The predicted molar refractivity (Wildman–Crippen MR) is 122 cm³/mol. The topological polar surface area (TPSA) is 99.1 Å². The molecule has 8 atom stereocenters. The van der Waals surface area contributed by atoms with Crippen LogP contribution in [-0.4, -0.2) is 58.8 Å². The van der Waals surface area contributed by atoms with Crippen molar-refractivity contribution in [2.45, 2.75) is 76.0 Å². The molecular formula is C26H37NO6. The second kappa shape index (κ2) is 8.43. The van der Waals surface area contributed by atoms with Gasteiger partial charge in [0.15, 0.2) is 11.5 Å². The van der Waals surface area contributed by atoms with Gasteiger partial charge in [-0.05, 0) is 62.1 Å². The molecule has 182 valence electrons. The van der Waals surface area contributed by atoms with Crippen molar-refractivity contribution >= 4 is 5.97 Å². The summed E-state index contributed by atoms with van der Waals surface area (Å²) in [7, 11) is 1.49. The van der Waals surface area contributed by atoms with E-state index in [2.05, 4.69) is 6.92 Å². The maximum atomic E-state index is 14.1. The molecule has 2 aliphatic carbocycles. The van der Waals surface area contributed by atoms with Crippen LogP contribution in [0, 0.1) is 28.9 Å². The zero-order valence-electron chi connectivity index (χ0n) is 19.7. The number of rotatable bonds is 5. The van der Waals surface area contributed by atoms with Gasteiger partial charge in [0.25, 0.3) is 0 Å². The highest BCUT2D eigenvalue weighted by Crippen LogP contribution is 2.63. The molecule has 1 unspecified atom stereocenters. The summed E-state index contributed by atoms with van der Waals surface area (Å²) < 4.78 is 11.0. The number of phenols is 1. The SMILES string of the molecule is COc1cc(CCC(=O)O[C@@H]2[C@@H](O)[C@H]3CCC[N+]4([O-])CCC[C@@H]5[C@H]2C[C@H](C)C[C@]354)ccc1O. The number of aliphatic hydroxyl groups is 1. The van der Waals surface area contributed by atoms with E-state index in [0.29, 0.717) is 31.2 Å². The first-order valence-electron chi connectivity index (χ1n) is 12.6. The Morgan fingerprint density at radius 2 is 1.97 bits per heavy atom. The lowest BCUT2D eigenvalue weighted by atomic mass is 9.47. The fourth-order valence-electron chi connectivity index (χ4n) is 8.17. The Kier molecular flexibility index (Phi) is 5.86. The summed E-state index contributed by atoms with van der Waals surface area (Å²) in [6, 6.07) is 5.06. The molecule has 1 aromatic carbocycles.